The van der Waals surface area contributed by atoms with Crippen molar-refractivity contribution in [2.45, 2.75) is 83.1 Å². The van der Waals surface area contributed by atoms with E-state index in [0.717, 1.165) is 39.2 Å². The summed E-state index contributed by atoms with van der Waals surface area (Å²) in [6, 6.07) is 11.2. The van der Waals surface area contributed by atoms with E-state index in [1.807, 2.05) is 45.0 Å². The van der Waals surface area contributed by atoms with Gasteiger partial charge in [-0.25, -0.2) is 4.79 Å². The summed E-state index contributed by atoms with van der Waals surface area (Å²) in [6.45, 7) is 24.9. The Bertz CT molecular complexity index is 1860. The van der Waals surface area contributed by atoms with Crippen LogP contribution < -0.4 is 9.47 Å². The monoisotopic (exact) mass is 660 g/mol. The topological polar surface area (TPSA) is 97.3 Å². The second-order valence-corrected chi connectivity index (χ2v) is 16.0. The van der Waals surface area contributed by atoms with Crippen molar-refractivity contribution < 1.29 is 37.4 Å². The molecule has 2 aromatic heterocycles. The number of rotatable bonds is 7. The molecule has 8 nitrogen and oxygen atoms in total. The number of ketones is 1. The zero-order valence-electron chi connectivity index (χ0n) is 31.1. The molecule has 0 saturated carbocycles. The highest BCUT2D eigenvalue weighted by Gasteiger charge is 2.43. The van der Waals surface area contributed by atoms with Gasteiger partial charge in [0.1, 0.15) is 35.1 Å². The molecule has 0 unspecified atom stereocenters. The largest absolute Gasteiger partial charge is 0.497 e. The standard InChI is InChI=1S/C20H26O5.C20H26O3/c1-12-14-10-13(23-7)8-9-15(14)25-16(12)17(21)24-11-20(5,6)18(22)19(2,3)4;1-12-14-10-13(21-7)8-9-15(14)23-16(12)17-18(19(2,3)4)20(5,6)11-22-17/h8-10H,11H2,1-7H3;8-10H,11H2,1-7H3. The van der Waals surface area contributed by atoms with Crippen molar-refractivity contribution in [3.8, 4) is 11.5 Å². The maximum atomic E-state index is 12.5. The summed E-state index contributed by atoms with van der Waals surface area (Å²) in [5.74, 6) is 2.92. The number of hydrogen-bond acceptors (Lipinski definition) is 8. The second-order valence-electron chi connectivity index (χ2n) is 16.0. The molecule has 0 fully saturated rings. The molecular formula is C40H52O8. The molecule has 1 aliphatic rings. The molecule has 8 heteroatoms. The highest BCUT2D eigenvalue weighted by Crippen LogP contribution is 2.51. The number of benzene rings is 2. The molecule has 260 valence electrons. The van der Waals surface area contributed by atoms with Gasteiger partial charge >= 0.3 is 5.97 Å². The summed E-state index contributed by atoms with van der Waals surface area (Å²) < 4.78 is 33.8. The van der Waals surface area contributed by atoms with Gasteiger partial charge in [-0.1, -0.05) is 55.4 Å². The van der Waals surface area contributed by atoms with Gasteiger partial charge in [0.15, 0.2) is 11.5 Å². The summed E-state index contributed by atoms with van der Waals surface area (Å²) in [5, 5.41) is 1.88. The van der Waals surface area contributed by atoms with Crippen LogP contribution in [0.25, 0.3) is 27.7 Å². The number of hydrogen-bond donors (Lipinski definition) is 0. The zero-order valence-corrected chi connectivity index (χ0v) is 31.1. The minimum Gasteiger partial charge on any atom is -0.497 e. The van der Waals surface area contributed by atoms with Gasteiger partial charge in [-0.2, -0.15) is 0 Å². The Hall–Kier alpha value is -4.20. The third kappa shape index (κ3) is 7.27. The van der Waals surface area contributed by atoms with Gasteiger partial charge < -0.3 is 27.8 Å². The molecule has 3 heterocycles. The molecule has 0 amide bonds. The first-order valence-electron chi connectivity index (χ1n) is 16.4. The molecule has 4 aromatic rings. The lowest BCUT2D eigenvalue weighted by molar-refractivity contribution is -0.137. The van der Waals surface area contributed by atoms with Crippen molar-refractivity contribution in [3.63, 3.8) is 0 Å². The molecule has 1 aliphatic heterocycles. The second kappa shape index (κ2) is 13.0. The summed E-state index contributed by atoms with van der Waals surface area (Å²) in [5.41, 5.74) is 3.35. The number of methoxy groups -OCH3 is 2. The molecule has 0 aliphatic carbocycles. The number of ether oxygens (including phenoxy) is 4. The fourth-order valence-corrected chi connectivity index (χ4v) is 6.70. The number of carbonyl (C=O) groups excluding carboxylic acids is 2. The average molecular weight is 661 g/mol. The normalized spacial score (nSPS) is 14.9. The molecule has 2 aromatic carbocycles. The number of Topliss-reactive ketones (excluding diaryl/α,β-unsaturated/α-hetero) is 1. The van der Waals surface area contributed by atoms with Gasteiger partial charge in [0, 0.05) is 32.7 Å². The van der Waals surface area contributed by atoms with E-state index in [0.29, 0.717) is 23.5 Å². The first kappa shape index (κ1) is 36.6. The smallest absolute Gasteiger partial charge is 0.374 e. The van der Waals surface area contributed by atoms with E-state index >= 15 is 0 Å². The SMILES string of the molecule is COc1ccc2oc(C(=O)OCC(C)(C)C(=O)C(C)(C)C)c(C)c2c1.COc1ccc2oc(C3=C(C(C)(C)C)C(C)(C)CO3)c(C)c2c1. The quantitative estimate of drug-likeness (QED) is 0.181. The Morgan fingerprint density at radius 3 is 1.81 bits per heavy atom. The fourth-order valence-electron chi connectivity index (χ4n) is 6.70. The Kier molecular flexibility index (Phi) is 9.93. The van der Waals surface area contributed by atoms with Crippen LogP contribution >= 0.6 is 0 Å². The lowest BCUT2D eigenvalue weighted by atomic mass is 9.71. The van der Waals surface area contributed by atoms with E-state index in [4.69, 9.17) is 27.8 Å². The van der Waals surface area contributed by atoms with E-state index < -0.39 is 16.8 Å². The van der Waals surface area contributed by atoms with E-state index in [9.17, 15) is 9.59 Å². The minimum atomic E-state index is -0.767. The Balaban J connectivity index is 0.000000217. The number of fused-ring (bicyclic) bond motifs is 2. The number of aryl methyl sites for hydroxylation is 2. The van der Waals surface area contributed by atoms with Crippen molar-refractivity contribution in [1.82, 2.24) is 0 Å². The van der Waals surface area contributed by atoms with Crippen LogP contribution in [0, 0.1) is 35.5 Å². The molecule has 0 bridgehead atoms. The molecule has 0 atom stereocenters. The van der Waals surface area contributed by atoms with Crippen molar-refractivity contribution >= 4 is 39.5 Å². The third-order valence-electron chi connectivity index (χ3n) is 8.77. The van der Waals surface area contributed by atoms with E-state index in [-0.39, 0.29) is 29.0 Å². The molecule has 0 spiro atoms. The van der Waals surface area contributed by atoms with Crippen LogP contribution in [-0.4, -0.2) is 39.2 Å². The first-order valence-corrected chi connectivity index (χ1v) is 16.4. The molecule has 48 heavy (non-hydrogen) atoms. The number of furan rings is 2. The summed E-state index contributed by atoms with van der Waals surface area (Å²) in [6.07, 6.45) is 0. The van der Waals surface area contributed by atoms with Crippen LogP contribution in [0.3, 0.4) is 0 Å². The highest BCUT2D eigenvalue weighted by molar-refractivity contribution is 5.96. The van der Waals surface area contributed by atoms with E-state index in [1.54, 1.807) is 47.1 Å². The van der Waals surface area contributed by atoms with Gasteiger partial charge in [0.05, 0.1) is 26.2 Å². The van der Waals surface area contributed by atoms with Crippen molar-refractivity contribution in [2.24, 2.45) is 21.7 Å². The van der Waals surface area contributed by atoms with Crippen LogP contribution in [0.4, 0.5) is 0 Å². The van der Waals surface area contributed by atoms with Gasteiger partial charge in [-0.15, -0.1) is 0 Å². The molecule has 0 radical (unpaired) electrons. The first-order chi connectivity index (χ1) is 22.1. The predicted octanol–water partition coefficient (Wildman–Crippen LogP) is 10.1. The average Bonchev–Trinajstić information content (AvgIpc) is 3.64. The van der Waals surface area contributed by atoms with Crippen LogP contribution in [0.1, 0.15) is 96.7 Å². The van der Waals surface area contributed by atoms with Gasteiger partial charge in [-0.3, -0.25) is 4.79 Å². The highest BCUT2D eigenvalue weighted by atomic mass is 16.5. The molecule has 0 N–H and O–H groups in total. The Morgan fingerprint density at radius 2 is 1.31 bits per heavy atom. The van der Waals surface area contributed by atoms with E-state index in [2.05, 4.69) is 41.5 Å². The number of carbonyl (C=O) groups is 2. The van der Waals surface area contributed by atoms with E-state index in [1.165, 1.54) is 5.57 Å². The maximum Gasteiger partial charge on any atom is 0.374 e. The summed E-state index contributed by atoms with van der Waals surface area (Å²) >= 11 is 0. The van der Waals surface area contributed by atoms with Crippen molar-refractivity contribution in [1.29, 1.82) is 0 Å². The number of esters is 1. The Labute approximate surface area is 284 Å². The van der Waals surface area contributed by atoms with Gasteiger partial charge in [0.2, 0.25) is 5.76 Å². The third-order valence-corrected chi connectivity index (χ3v) is 8.77. The van der Waals surface area contributed by atoms with Crippen LogP contribution in [0.2, 0.25) is 0 Å². The molecule has 0 saturated heterocycles. The molecule has 5 rings (SSSR count). The lowest BCUT2D eigenvalue weighted by Gasteiger charge is -2.30. The lowest BCUT2D eigenvalue weighted by Crippen LogP contribution is -2.38. The van der Waals surface area contributed by atoms with Crippen LogP contribution in [-0.2, 0) is 14.3 Å². The van der Waals surface area contributed by atoms with Crippen LogP contribution in [0.5, 0.6) is 11.5 Å². The Morgan fingerprint density at radius 1 is 0.792 bits per heavy atom. The van der Waals surface area contributed by atoms with Gasteiger partial charge in [-0.05, 0) is 75.1 Å². The zero-order chi connectivity index (χ0) is 36.0. The summed E-state index contributed by atoms with van der Waals surface area (Å²) in [4.78, 5) is 24.9. The minimum absolute atomic E-state index is 0.00173. The summed E-state index contributed by atoms with van der Waals surface area (Å²) in [7, 11) is 3.26. The van der Waals surface area contributed by atoms with Crippen LogP contribution in [0.15, 0.2) is 50.8 Å². The maximum absolute atomic E-state index is 12.5. The van der Waals surface area contributed by atoms with Crippen molar-refractivity contribution in [3.05, 3.63) is 64.6 Å². The van der Waals surface area contributed by atoms with Gasteiger partial charge in [0.25, 0.3) is 0 Å². The fraction of sp³-hybridized carbons (Fsp3) is 0.500. The molecular weight excluding hydrogens is 608 g/mol. The van der Waals surface area contributed by atoms with Crippen molar-refractivity contribution in [2.75, 3.05) is 27.4 Å². The predicted molar refractivity (Wildman–Crippen MR) is 190 cm³/mol.